The van der Waals surface area contributed by atoms with E-state index in [2.05, 4.69) is 0 Å². The van der Waals surface area contributed by atoms with Crippen molar-refractivity contribution in [3.8, 4) is 0 Å². The van der Waals surface area contributed by atoms with E-state index >= 15 is 0 Å². The molecule has 0 aromatic heterocycles. The van der Waals surface area contributed by atoms with Gasteiger partial charge in [0.05, 0.1) is 4.92 Å². The zero-order chi connectivity index (χ0) is 16.5. The minimum atomic E-state index is -0.505. The minimum Gasteiger partial charge on any atom is -0.399 e. The summed E-state index contributed by atoms with van der Waals surface area (Å²) >= 11 is 0. The van der Waals surface area contributed by atoms with E-state index in [0.29, 0.717) is 23.1 Å². The Morgan fingerprint density at radius 2 is 1.64 bits per heavy atom. The molecule has 0 aliphatic rings. The second-order valence-corrected chi connectivity index (χ2v) is 4.06. The second-order valence-electron chi connectivity index (χ2n) is 4.06. The number of nitro groups is 1. The minimum absolute atomic E-state index is 0.00407. The van der Waals surface area contributed by atoms with E-state index in [1.807, 2.05) is 5.43 Å². The number of anilines is 1. The Labute approximate surface area is 125 Å². The molecule has 0 bridgehead atoms. The fourth-order valence-electron chi connectivity index (χ4n) is 1.39. The predicted octanol–water partition coefficient (Wildman–Crippen LogP) is 1.28. The van der Waals surface area contributed by atoms with Gasteiger partial charge in [-0.3, -0.25) is 25.1 Å². The molecular weight excluding hydrogens is 288 g/mol. The maximum atomic E-state index is 10.8. The quantitative estimate of drug-likeness (QED) is 0.195. The molecule has 0 unspecified atom stereocenters. The van der Waals surface area contributed by atoms with E-state index in [1.54, 1.807) is 24.3 Å². The average molecular weight is 302 g/mol. The van der Waals surface area contributed by atoms with Gasteiger partial charge in [0.25, 0.3) is 11.6 Å². The van der Waals surface area contributed by atoms with Crippen LogP contribution in [-0.4, -0.2) is 17.1 Å². The number of carbonyl (C=O) groups is 2. The van der Waals surface area contributed by atoms with Gasteiger partial charge in [-0.05, 0) is 36.4 Å². The first-order valence-electron chi connectivity index (χ1n) is 6.04. The van der Waals surface area contributed by atoms with E-state index in [-0.39, 0.29) is 11.6 Å². The monoisotopic (exact) mass is 302 g/mol. The van der Waals surface area contributed by atoms with Crippen LogP contribution in [0.25, 0.3) is 0 Å². The molecule has 5 N–H and O–H groups in total. The van der Waals surface area contributed by atoms with Gasteiger partial charge in [-0.15, -0.1) is 0 Å². The lowest BCUT2D eigenvalue weighted by Gasteiger charge is -1.98. The summed E-state index contributed by atoms with van der Waals surface area (Å²) in [5.41, 5.74) is 8.99. The molecule has 8 heteroatoms. The normalized spacial score (nSPS) is 9.14. The molecule has 0 spiro atoms. The lowest BCUT2D eigenvalue weighted by molar-refractivity contribution is -0.384. The molecule has 114 valence electrons. The van der Waals surface area contributed by atoms with Crippen molar-refractivity contribution in [2.45, 2.75) is 0 Å². The van der Waals surface area contributed by atoms with Crippen molar-refractivity contribution in [1.82, 2.24) is 5.43 Å². The van der Waals surface area contributed by atoms with E-state index in [1.165, 1.54) is 24.3 Å². The molecule has 1 amide bonds. The highest BCUT2D eigenvalue weighted by molar-refractivity contribution is 5.93. The first-order valence-corrected chi connectivity index (χ1v) is 6.04. The van der Waals surface area contributed by atoms with Crippen molar-refractivity contribution in [2.75, 3.05) is 5.73 Å². The van der Waals surface area contributed by atoms with E-state index in [0.717, 1.165) is 0 Å². The van der Waals surface area contributed by atoms with Gasteiger partial charge >= 0.3 is 0 Å². The number of rotatable bonds is 3. The number of hydrogen-bond acceptors (Lipinski definition) is 6. The summed E-state index contributed by atoms with van der Waals surface area (Å²) in [5.74, 6) is 4.60. The van der Waals surface area contributed by atoms with Gasteiger partial charge in [-0.25, -0.2) is 5.84 Å². The third kappa shape index (κ3) is 5.02. The van der Waals surface area contributed by atoms with Crippen molar-refractivity contribution in [1.29, 1.82) is 0 Å². The van der Waals surface area contributed by atoms with Crippen LogP contribution in [0.5, 0.6) is 0 Å². The van der Waals surface area contributed by atoms with Crippen molar-refractivity contribution >= 4 is 23.6 Å². The Morgan fingerprint density at radius 3 is 2.05 bits per heavy atom. The molecule has 2 rings (SSSR count). The zero-order valence-corrected chi connectivity index (χ0v) is 11.4. The Morgan fingerprint density at radius 1 is 1.09 bits per heavy atom. The summed E-state index contributed by atoms with van der Waals surface area (Å²) in [4.78, 5) is 30.6. The molecule has 0 saturated heterocycles. The fraction of sp³-hybridized carbons (Fsp3) is 0. The summed E-state index contributed by atoms with van der Waals surface area (Å²) in [7, 11) is 0. The molecule has 0 aliphatic carbocycles. The Hall–Kier alpha value is -3.26. The molecule has 2 aromatic rings. The van der Waals surface area contributed by atoms with Gasteiger partial charge in [-0.2, -0.15) is 0 Å². The third-order valence-electron chi connectivity index (χ3n) is 2.54. The lowest BCUT2D eigenvalue weighted by atomic mass is 10.2. The summed E-state index contributed by atoms with van der Waals surface area (Å²) < 4.78 is 0. The number of non-ortho nitro benzene ring substituents is 1. The van der Waals surface area contributed by atoms with E-state index < -0.39 is 4.92 Å². The molecule has 8 nitrogen and oxygen atoms in total. The van der Waals surface area contributed by atoms with Gasteiger partial charge in [-0.1, -0.05) is 0 Å². The number of benzene rings is 2. The highest BCUT2D eigenvalue weighted by Gasteiger charge is 2.02. The van der Waals surface area contributed by atoms with Crippen LogP contribution in [0.2, 0.25) is 0 Å². The number of amides is 1. The lowest BCUT2D eigenvalue weighted by Crippen LogP contribution is -2.29. The van der Waals surface area contributed by atoms with Crippen molar-refractivity contribution < 1.29 is 14.5 Å². The number of nitrogens with zero attached hydrogens (tertiary/aromatic N) is 1. The van der Waals surface area contributed by atoms with Crippen LogP contribution in [0.4, 0.5) is 11.4 Å². The number of nitrogens with one attached hydrogen (secondary N) is 1. The first kappa shape index (κ1) is 16.8. The highest BCUT2D eigenvalue weighted by Crippen LogP contribution is 2.10. The summed E-state index contributed by atoms with van der Waals surface area (Å²) in [6.45, 7) is 0. The number of hydrazine groups is 1. The van der Waals surface area contributed by atoms with Crippen molar-refractivity contribution in [2.24, 2.45) is 5.84 Å². The molecule has 0 fully saturated rings. The van der Waals surface area contributed by atoms with Crippen LogP contribution < -0.4 is 17.0 Å². The number of hydrogen-bond donors (Lipinski definition) is 3. The molecule has 2 aromatic carbocycles. The van der Waals surface area contributed by atoms with Crippen LogP contribution in [-0.2, 0) is 0 Å². The zero-order valence-electron chi connectivity index (χ0n) is 11.4. The standard InChI is InChI=1S/C7H9N3O.C7H5NO3/c8-6-3-1-5(2-4-6)7(11)10-9;9-5-6-1-3-7(4-2-6)8(10)11/h1-4H,8-9H2,(H,10,11);1-5H. The smallest absolute Gasteiger partial charge is 0.269 e. The first-order chi connectivity index (χ1) is 10.5. The van der Waals surface area contributed by atoms with Gasteiger partial charge < -0.3 is 5.73 Å². The Kier molecular flexibility index (Phi) is 6.20. The largest absolute Gasteiger partial charge is 0.399 e. The van der Waals surface area contributed by atoms with Crippen LogP contribution in [0.1, 0.15) is 20.7 Å². The van der Waals surface area contributed by atoms with Crippen LogP contribution in [0, 0.1) is 10.1 Å². The second kappa shape index (κ2) is 8.12. The van der Waals surface area contributed by atoms with Gasteiger partial charge in [0.2, 0.25) is 0 Å². The Bertz CT molecular complexity index is 654. The maximum absolute atomic E-state index is 10.8. The Balaban J connectivity index is 0.000000220. The van der Waals surface area contributed by atoms with Crippen molar-refractivity contribution in [3.05, 3.63) is 69.8 Å². The van der Waals surface area contributed by atoms with Crippen LogP contribution in [0.3, 0.4) is 0 Å². The maximum Gasteiger partial charge on any atom is 0.269 e. The number of nitrogens with two attached hydrogens (primary N) is 2. The SMILES string of the molecule is NNC(=O)c1ccc(N)cc1.O=Cc1ccc([N+](=O)[O-])cc1. The molecule has 0 radical (unpaired) electrons. The third-order valence-corrected chi connectivity index (χ3v) is 2.54. The van der Waals surface area contributed by atoms with E-state index in [4.69, 9.17) is 11.6 Å². The predicted molar refractivity (Wildman–Crippen MR) is 81.0 cm³/mol. The number of nitro benzene ring substituents is 1. The summed E-state index contributed by atoms with van der Waals surface area (Å²) in [6.07, 6.45) is 0.643. The molecule has 22 heavy (non-hydrogen) atoms. The average Bonchev–Trinajstić information content (AvgIpc) is 2.55. The number of nitrogen functional groups attached to an aromatic ring is 2. The highest BCUT2D eigenvalue weighted by atomic mass is 16.6. The van der Waals surface area contributed by atoms with Gasteiger partial charge in [0.1, 0.15) is 6.29 Å². The number of aldehydes is 1. The fourth-order valence-corrected chi connectivity index (χ4v) is 1.39. The van der Waals surface area contributed by atoms with Gasteiger partial charge in [0.15, 0.2) is 0 Å². The molecule has 0 saturated carbocycles. The topological polar surface area (TPSA) is 141 Å². The van der Waals surface area contributed by atoms with Crippen molar-refractivity contribution in [3.63, 3.8) is 0 Å². The van der Waals surface area contributed by atoms with E-state index in [9.17, 15) is 19.7 Å². The molecule has 0 heterocycles. The molecule has 0 atom stereocenters. The van der Waals surface area contributed by atoms with Gasteiger partial charge in [0, 0.05) is 28.9 Å². The van der Waals surface area contributed by atoms with Crippen LogP contribution >= 0.6 is 0 Å². The van der Waals surface area contributed by atoms with Crippen LogP contribution in [0.15, 0.2) is 48.5 Å². The summed E-state index contributed by atoms with van der Waals surface area (Å²) in [5, 5.41) is 10.1. The number of carbonyl (C=O) groups excluding carboxylic acids is 2. The molecule has 0 aliphatic heterocycles. The summed E-state index contributed by atoms with van der Waals surface area (Å²) in [6, 6.07) is 11.9. The molecular formula is C14H14N4O4.